The van der Waals surface area contributed by atoms with Crippen LogP contribution in [0.2, 0.25) is 0 Å². The monoisotopic (exact) mass is 250 g/mol. The van der Waals surface area contributed by atoms with Crippen LogP contribution in [0.15, 0.2) is 29.8 Å². The van der Waals surface area contributed by atoms with Crippen molar-refractivity contribution in [2.24, 2.45) is 12.8 Å². The average molecular weight is 250 g/mol. The van der Waals surface area contributed by atoms with Gasteiger partial charge in [0.1, 0.15) is 4.64 Å². The Labute approximate surface area is 102 Å². The van der Waals surface area contributed by atoms with Crippen molar-refractivity contribution in [3.05, 3.63) is 40.0 Å². The number of thiophene rings is 1. The first kappa shape index (κ1) is 11.0. The molecule has 0 aromatic carbocycles. The van der Waals surface area contributed by atoms with Crippen LogP contribution in [-0.2, 0) is 7.05 Å². The Hall–Kier alpha value is -1.46. The van der Waals surface area contributed by atoms with Crippen molar-refractivity contribution in [3.8, 4) is 10.4 Å². The van der Waals surface area contributed by atoms with Crippen LogP contribution in [0.25, 0.3) is 10.4 Å². The molecule has 0 aliphatic rings. The topological polar surface area (TPSA) is 48.0 Å². The van der Waals surface area contributed by atoms with E-state index in [1.54, 1.807) is 23.0 Å². The molecule has 0 fully saturated rings. The third-order valence-corrected chi connectivity index (χ3v) is 3.70. The van der Waals surface area contributed by atoms with E-state index in [0.717, 1.165) is 10.4 Å². The summed E-state index contributed by atoms with van der Waals surface area (Å²) in [5.41, 5.74) is 6.61. The van der Waals surface area contributed by atoms with Crippen LogP contribution in [0.1, 0.15) is 10.4 Å². The van der Waals surface area contributed by atoms with E-state index in [4.69, 9.17) is 18.0 Å². The zero-order valence-corrected chi connectivity index (χ0v) is 10.3. The number of carbonyl (C=O) groups is 1. The Bertz CT molecular complexity index is 585. The second-order valence-electron chi connectivity index (χ2n) is 3.36. The highest BCUT2D eigenvalue weighted by Gasteiger charge is 2.13. The fourth-order valence-corrected chi connectivity index (χ4v) is 2.53. The van der Waals surface area contributed by atoms with E-state index in [0.29, 0.717) is 10.2 Å². The van der Waals surface area contributed by atoms with Crippen LogP contribution in [-0.4, -0.2) is 10.5 Å². The Kier molecular flexibility index (Phi) is 2.89. The molecule has 0 saturated heterocycles. The van der Waals surface area contributed by atoms with Gasteiger partial charge in [-0.1, -0.05) is 18.3 Å². The highest BCUT2D eigenvalue weighted by molar-refractivity contribution is 7.71. The molecule has 0 spiro atoms. The number of aromatic nitrogens is 1. The van der Waals surface area contributed by atoms with E-state index in [-0.39, 0.29) is 0 Å². The van der Waals surface area contributed by atoms with Gasteiger partial charge in [0.05, 0.1) is 5.56 Å². The number of hydrogen-bond acceptors (Lipinski definition) is 3. The first-order chi connectivity index (χ1) is 7.61. The van der Waals surface area contributed by atoms with Gasteiger partial charge in [-0.25, -0.2) is 0 Å². The fraction of sp³-hybridized carbons (Fsp3) is 0.0909. The first-order valence-corrected chi connectivity index (χ1v) is 5.93. The summed E-state index contributed by atoms with van der Waals surface area (Å²) in [4.78, 5) is 12.4. The van der Waals surface area contributed by atoms with Crippen molar-refractivity contribution in [2.45, 2.75) is 0 Å². The maximum absolute atomic E-state index is 11.4. The lowest BCUT2D eigenvalue weighted by Crippen LogP contribution is -2.15. The number of hydrogen-bond donors (Lipinski definition) is 1. The Morgan fingerprint density at radius 2 is 2.25 bits per heavy atom. The Morgan fingerprint density at radius 1 is 1.50 bits per heavy atom. The molecule has 2 rings (SSSR count). The summed E-state index contributed by atoms with van der Waals surface area (Å²) in [7, 11) is 1.80. The molecule has 16 heavy (non-hydrogen) atoms. The number of pyridine rings is 1. The first-order valence-electron chi connectivity index (χ1n) is 4.64. The summed E-state index contributed by atoms with van der Waals surface area (Å²) in [5.74, 6) is -0.482. The fourth-order valence-electron chi connectivity index (χ4n) is 1.50. The largest absolute Gasteiger partial charge is 0.365 e. The van der Waals surface area contributed by atoms with E-state index >= 15 is 0 Å². The average Bonchev–Trinajstić information content (AvgIpc) is 2.74. The lowest BCUT2D eigenvalue weighted by molar-refractivity contribution is 0.0999. The molecule has 2 aromatic rings. The van der Waals surface area contributed by atoms with Crippen LogP contribution in [0.5, 0.6) is 0 Å². The van der Waals surface area contributed by atoms with E-state index in [1.807, 2.05) is 29.8 Å². The van der Waals surface area contributed by atoms with Gasteiger partial charge in [-0.2, -0.15) is 0 Å². The zero-order valence-electron chi connectivity index (χ0n) is 8.64. The van der Waals surface area contributed by atoms with Gasteiger partial charge in [-0.05, 0) is 17.5 Å². The van der Waals surface area contributed by atoms with Gasteiger partial charge < -0.3 is 10.3 Å². The summed E-state index contributed by atoms with van der Waals surface area (Å²) < 4.78 is 2.19. The lowest BCUT2D eigenvalue weighted by atomic mass is 10.1. The molecule has 0 radical (unpaired) electrons. The molecule has 3 nitrogen and oxygen atoms in total. The van der Waals surface area contributed by atoms with E-state index in [9.17, 15) is 4.79 Å². The molecule has 0 aliphatic carbocycles. The minimum atomic E-state index is -0.482. The van der Waals surface area contributed by atoms with Crippen molar-refractivity contribution in [1.29, 1.82) is 0 Å². The summed E-state index contributed by atoms with van der Waals surface area (Å²) in [6.07, 6.45) is 1.84. The van der Waals surface area contributed by atoms with E-state index < -0.39 is 5.91 Å². The third kappa shape index (κ3) is 1.79. The van der Waals surface area contributed by atoms with Crippen molar-refractivity contribution in [3.63, 3.8) is 0 Å². The molecular formula is C11H10N2OS2. The Morgan fingerprint density at radius 3 is 2.81 bits per heavy atom. The van der Waals surface area contributed by atoms with Crippen molar-refractivity contribution in [1.82, 2.24) is 4.57 Å². The van der Waals surface area contributed by atoms with Crippen LogP contribution in [0, 0.1) is 4.64 Å². The van der Waals surface area contributed by atoms with Gasteiger partial charge in [0.15, 0.2) is 0 Å². The Balaban J connectivity index is 2.77. The maximum Gasteiger partial charge on any atom is 0.252 e. The highest BCUT2D eigenvalue weighted by Crippen LogP contribution is 2.28. The zero-order chi connectivity index (χ0) is 11.7. The molecule has 2 heterocycles. The molecule has 82 valence electrons. The van der Waals surface area contributed by atoms with Crippen LogP contribution in [0.3, 0.4) is 0 Å². The van der Waals surface area contributed by atoms with Gasteiger partial charge in [0.25, 0.3) is 5.91 Å². The normalized spacial score (nSPS) is 10.3. The summed E-state index contributed by atoms with van der Waals surface area (Å²) in [5, 5.41) is 1.95. The minimum Gasteiger partial charge on any atom is -0.365 e. The van der Waals surface area contributed by atoms with Crippen LogP contribution >= 0.6 is 23.6 Å². The van der Waals surface area contributed by atoms with Gasteiger partial charge in [0, 0.05) is 23.7 Å². The summed E-state index contributed by atoms with van der Waals surface area (Å²) in [6.45, 7) is 0. The predicted octanol–water partition coefficient (Wildman–Crippen LogP) is 2.58. The summed E-state index contributed by atoms with van der Waals surface area (Å²) >= 11 is 6.76. The number of carbonyl (C=O) groups excluding carboxylic acids is 1. The van der Waals surface area contributed by atoms with Crippen LogP contribution < -0.4 is 5.73 Å². The molecule has 0 saturated carbocycles. The van der Waals surface area contributed by atoms with Crippen molar-refractivity contribution in [2.75, 3.05) is 0 Å². The van der Waals surface area contributed by atoms with E-state index in [1.165, 1.54) is 0 Å². The highest BCUT2D eigenvalue weighted by atomic mass is 32.1. The second-order valence-corrected chi connectivity index (χ2v) is 4.70. The quantitative estimate of drug-likeness (QED) is 0.833. The summed E-state index contributed by atoms with van der Waals surface area (Å²) in [6, 6.07) is 5.74. The van der Waals surface area contributed by atoms with Crippen LogP contribution in [0.4, 0.5) is 0 Å². The molecular weight excluding hydrogens is 240 g/mol. The molecule has 0 unspecified atom stereocenters. The number of nitrogens with two attached hydrogens (primary N) is 1. The number of aryl methyl sites for hydroxylation is 1. The second kappa shape index (κ2) is 4.19. The molecule has 2 aromatic heterocycles. The number of amides is 1. The molecule has 0 bridgehead atoms. The molecule has 0 atom stereocenters. The molecule has 1 amide bonds. The minimum absolute atomic E-state index is 0.419. The van der Waals surface area contributed by atoms with Gasteiger partial charge in [-0.15, -0.1) is 11.3 Å². The molecule has 0 aliphatic heterocycles. The van der Waals surface area contributed by atoms with Gasteiger partial charge in [-0.3, -0.25) is 4.79 Å². The van der Waals surface area contributed by atoms with Crippen molar-refractivity contribution >= 4 is 29.5 Å². The SMILES string of the molecule is Cn1ccc(-c2cccs2)c(C(N)=O)c1=S. The molecule has 2 N–H and O–H groups in total. The number of primary amides is 1. The smallest absolute Gasteiger partial charge is 0.252 e. The number of nitrogens with zero attached hydrogens (tertiary/aromatic N) is 1. The lowest BCUT2D eigenvalue weighted by Gasteiger charge is -2.07. The van der Waals surface area contributed by atoms with Gasteiger partial charge in [0.2, 0.25) is 0 Å². The van der Waals surface area contributed by atoms with Crippen molar-refractivity contribution < 1.29 is 4.79 Å². The van der Waals surface area contributed by atoms with E-state index in [2.05, 4.69) is 0 Å². The third-order valence-electron chi connectivity index (χ3n) is 2.30. The standard InChI is InChI=1S/C11H10N2OS2/c1-13-5-4-7(8-3-2-6-16-8)9(10(12)14)11(13)15/h2-6H,1H3,(H2,12,14). The predicted molar refractivity (Wildman–Crippen MR) is 68.1 cm³/mol. The number of rotatable bonds is 2. The molecule has 5 heteroatoms. The van der Waals surface area contributed by atoms with Gasteiger partial charge >= 0.3 is 0 Å². The maximum atomic E-state index is 11.4.